The molecule has 0 aliphatic carbocycles. The van der Waals surface area contributed by atoms with Crippen LogP contribution in [0.1, 0.15) is 39.0 Å². The first-order valence-electron chi connectivity index (χ1n) is 9.28. The smallest absolute Gasteiger partial charge is 0.251 e. The van der Waals surface area contributed by atoms with E-state index in [9.17, 15) is 4.79 Å². The van der Waals surface area contributed by atoms with Gasteiger partial charge >= 0.3 is 0 Å². The second kappa shape index (κ2) is 9.10. The Morgan fingerprint density at radius 3 is 2.92 bits per heavy atom. The topological polar surface area (TPSA) is 76.6 Å². The molecule has 0 unspecified atom stereocenters. The summed E-state index contributed by atoms with van der Waals surface area (Å²) in [6.45, 7) is 4.64. The second-order valence-corrected chi connectivity index (χ2v) is 6.82. The summed E-state index contributed by atoms with van der Waals surface area (Å²) in [6, 6.07) is 4.10. The molecule has 7 heteroatoms. The van der Waals surface area contributed by atoms with Crippen LogP contribution in [0.25, 0.3) is 0 Å². The third-order valence-corrected chi connectivity index (χ3v) is 4.88. The minimum atomic E-state index is -0.407. The van der Waals surface area contributed by atoms with Crippen LogP contribution >= 0.6 is 0 Å². The molecule has 2 atom stereocenters. The van der Waals surface area contributed by atoms with Crippen LogP contribution in [0.15, 0.2) is 18.3 Å². The zero-order valence-corrected chi connectivity index (χ0v) is 14.9. The maximum atomic E-state index is 12.6. The van der Waals surface area contributed by atoms with Crippen LogP contribution in [-0.4, -0.2) is 65.6 Å². The van der Waals surface area contributed by atoms with Gasteiger partial charge in [-0.15, -0.1) is 5.10 Å². The van der Waals surface area contributed by atoms with Gasteiger partial charge in [-0.25, -0.2) is 0 Å². The van der Waals surface area contributed by atoms with Crippen molar-refractivity contribution >= 4 is 11.7 Å². The number of piperidine rings is 1. The lowest BCUT2D eigenvalue weighted by molar-refractivity contribution is -0.147. The Balaban J connectivity index is 1.38. The molecule has 3 rings (SSSR count). The molecule has 2 saturated heterocycles. The van der Waals surface area contributed by atoms with Gasteiger partial charge in [0.05, 0.1) is 12.7 Å². The standard InChI is InChI=1S/C18H28N4O3/c1-14(25-13-16-5-2-3-12-24-16)18(23)22-10-7-15(8-11-22)20-17-6-4-9-19-21-17/h4,6,9,14-16H,2-3,5,7-8,10-13H2,1H3,(H,20,21)/t14-,16-/m1/s1. The molecule has 7 nitrogen and oxygen atoms in total. The average Bonchev–Trinajstić information content (AvgIpc) is 2.68. The van der Waals surface area contributed by atoms with Crippen molar-refractivity contribution in [3.8, 4) is 0 Å². The summed E-state index contributed by atoms with van der Waals surface area (Å²) >= 11 is 0. The van der Waals surface area contributed by atoms with E-state index in [0.29, 0.717) is 12.6 Å². The van der Waals surface area contributed by atoms with Crippen LogP contribution in [0, 0.1) is 0 Å². The number of carbonyl (C=O) groups is 1. The van der Waals surface area contributed by atoms with Crippen molar-refractivity contribution < 1.29 is 14.3 Å². The number of hydrogen-bond donors (Lipinski definition) is 1. The van der Waals surface area contributed by atoms with Crippen LogP contribution in [0.5, 0.6) is 0 Å². The number of amides is 1. The first kappa shape index (κ1) is 18.1. The Bertz CT molecular complexity index is 528. The third-order valence-electron chi connectivity index (χ3n) is 4.88. The number of nitrogens with one attached hydrogen (secondary N) is 1. The highest BCUT2D eigenvalue weighted by molar-refractivity contribution is 5.80. The lowest BCUT2D eigenvalue weighted by Crippen LogP contribution is -2.46. The summed E-state index contributed by atoms with van der Waals surface area (Å²) in [4.78, 5) is 14.5. The number of nitrogens with zero attached hydrogens (tertiary/aromatic N) is 3. The lowest BCUT2D eigenvalue weighted by atomic mass is 10.0. The zero-order chi connectivity index (χ0) is 17.5. The zero-order valence-electron chi connectivity index (χ0n) is 14.9. The van der Waals surface area contributed by atoms with Gasteiger partial charge in [-0.05, 0) is 51.2 Å². The minimum Gasteiger partial charge on any atom is -0.376 e. The highest BCUT2D eigenvalue weighted by atomic mass is 16.5. The molecule has 0 radical (unpaired) electrons. The Morgan fingerprint density at radius 2 is 2.24 bits per heavy atom. The monoisotopic (exact) mass is 348 g/mol. The Kier molecular flexibility index (Phi) is 6.58. The second-order valence-electron chi connectivity index (χ2n) is 6.82. The quantitative estimate of drug-likeness (QED) is 0.845. The number of ether oxygens (including phenoxy) is 2. The molecule has 1 aromatic rings. The summed E-state index contributed by atoms with van der Waals surface area (Å²) < 4.78 is 11.4. The molecule has 2 fully saturated rings. The van der Waals surface area contributed by atoms with Gasteiger partial charge in [-0.2, -0.15) is 5.10 Å². The first-order valence-corrected chi connectivity index (χ1v) is 9.28. The van der Waals surface area contributed by atoms with E-state index in [1.807, 2.05) is 24.0 Å². The molecular formula is C18H28N4O3. The SMILES string of the molecule is C[C@@H](OC[C@H]1CCCCO1)C(=O)N1CCC(Nc2cccnn2)CC1. The Hall–Kier alpha value is -1.73. The summed E-state index contributed by atoms with van der Waals surface area (Å²) in [7, 11) is 0. The maximum Gasteiger partial charge on any atom is 0.251 e. The summed E-state index contributed by atoms with van der Waals surface area (Å²) in [6.07, 6.45) is 6.54. The van der Waals surface area contributed by atoms with Crippen molar-refractivity contribution in [3.05, 3.63) is 18.3 Å². The van der Waals surface area contributed by atoms with Gasteiger partial charge in [0.2, 0.25) is 0 Å². The van der Waals surface area contributed by atoms with Crippen LogP contribution in [0.4, 0.5) is 5.82 Å². The number of anilines is 1. The van der Waals surface area contributed by atoms with E-state index < -0.39 is 6.10 Å². The molecule has 2 aliphatic heterocycles. The normalized spacial score (nSPS) is 23.2. The Labute approximate surface area is 149 Å². The summed E-state index contributed by atoms with van der Waals surface area (Å²) in [5.74, 6) is 0.866. The van der Waals surface area contributed by atoms with Gasteiger partial charge in [0, 0.05) is 31.9 Å². The predicted molar refractivity (Wildman–Crippen MR) is 94.3 cm³/mol. The van der Waals surface area contributed by atoms with Crippen LogP contribution in [-0.2, 0) is 14.3 Å². The number of likely N-dealkylation sites (tertiary alicyclic amines) is 1. The molecule has 25 heavy (non-hydrogen) atoms. The Morgan fingerprint density at radius 1 is 1.40 bits per heavy atom. The molecular weight excluding hydrogens is 320 g/mol. The highest BCUT2D eigenvalue weighted by Gasteiger charge is 2.27. The van der Waals surface area contributed by atoms with Crippen LogP contribution in [0.3, 0.4) is 0 Å². The molecule has 2 aliphatic rings. The van der Waals surface area contributed by atoms with Gasteiger partial charge < -0.3 is 19.7 Å². The number of rotatable bonds is 6. The molecule has 138 valence electrons. The van der Waals surface area contributed by atoms with Crippen LogP contribution < -0.4 is 5.32 Å². The molecule has 1 N–H and O–H groups in total. The fourth-order valence-electron chi connectivity index (χ4n) is 3.35. The molecule has 1 aromatic heterocycles. The van der Waals surface area contributed by atoms with Gasteiger partial charge in [-0.1, -0.05) is 0 Å². The van der Waals surface area contributed by atoms with Crippen molar-refractivity contribution in [2.75, 3.05) is 31.6 Å². The van der Waals surface area contributed by atoms with Crippen LogP contribution in [0.2, 0.25) is 0 Å². The largest absolute Gasteiger partial charge is 0.376 e. The van der Waals surface area contributed by atoms with Crippen molar-refractivity contribution in [2.24, 2.45) is 0 Å². The van der Waals surface area contributed by atoms with E-state index in [1.165, 1.54) is 6.42 Å². The summed E-state index contributed by atoms with van der Waals surface area (Å²) in [5, 5.41) is 11.3. The van der Waals surface area contributed by atoms with Gasteiger partial charge in [0.15, 0.2) is 0 Å². The van der Waals surface area contributed by atoms with Gasteiger partial charge in [0.25, 0.3) is 5.91 Å². The molecule has 0 bridgehead atoms. The highest BCUT2D eigenvalue weighted by Crippen LogP contribution is 2.17. The first-order chi connectivity index (χ1) is 12.2. The van der Waals surface area contributed by atoms with E-state index in [0.717, 1.165) is 51.2 Å². The van der Waals surface area contributed by atoms with Gasteiger partial charge in [0.1, 0.15) is 11.9 Å². The van der Waals surface area contributed by atoms with E-state index in [4.69, 9.17) is 9.47 Å². The summed E-state index contributed by atoms with van der Waals surface area (Å²) in [5.41, 5.74) is 0. The molecule has 1 amide bonds. The van der Waals surface area contributed by atoms with Crippen molar-refractivity contribution in [1.29, 1.82) is 0 Å². The fraction of sp³-hybridized carbons (Fsp3) is 0.722. The van der Waals surface area contributed by atoms with Crippen molar-refractivity contribution in [3.63, 3.8) is 0 Å². The lowest BCUT2D eigenvalue weighted by Gasteiger charge is -2.34. The van der Waals surface area contributed by atoms with Crippen molar-refractivity contribution in [1.82, 2.24) is 15.1 Å². The number of hydrogen-bond acceptors (Lipinski definition) is 6. The number of aromatic nitrogens is 2. The van der Waals surface area contributed by atoms with E-state index in [-0.39, 0.29) is 12.0 Å². The molecule has 0 spiro atoms. The molecule has 0 saturated carbocycles. The minimum absolute atomic E-state index is 0.0776. The van der Waals surface area contributed by atoms with Crippen molar-refractivity contribution in [2.45, 2.75) is 57.3 Å². The average molecular weight is 348 g/mol. The van der Waals surface area contributed by atoms with E-state index in [2.05, 4.69) is 15.5 Å². The molecule has 3 heterocycles. The van der Waals surface area contributed by atoms with Gasteiger partial charge in [-0.3, -0.25) is 4.79 Å². The van der Waals surface area contributed by atoms with E-state index in [1.54, 1.807) is 6.20 Å². The predicted octanol–water partition coefficient (Wildman–Crippen LogP) is 1.85. The fourth-order valence-corrected chi connectivity index (χ4v) is 3.35. The third kappa shape index (κ3) is 5.37. The van der Waals surface area contributed by atoms with E-state index >= 15 is 0 Å². The number of carbonyl (C=O) groups excluding carboxylic acids is 1. The maximum absolute atomic E-state index is 12.6. The molecule has 0 aromatic carbocycles.